The van der Waals surface area contributed by atoms with Crippen molar-refractivity contribution in [2.24, 2.45) is 11.8 Å². The van der Waals surface area contributed by atoms with Gasteiger partial charge in [-0.15, -0.1) is 0 Å². The highest BCUT2D eigenvalue weighted by molar-refractivity contribution is 5.84. The molecule has 1 aromatic carbocycles. The highest BCUT2D eigenvalue weighted by Gasteiger charge is 2.44. The lowest BCUT2D eigenvalue weighted by Gasteiger charge is -2.32. The third-order valence-electron chi connectivity index (χ3n) is 7.09. The minimum atomic E-state index is -0.195. The average Bonchev–Trinajstić information content (AvgIpc) is 3.53. The van der Waals surface area contributed by atoms with Crippen LogP contribution in [0.25, 0.3) is 0 Å². The van der Waals surface area contributed by atoms with E-state index in [2.05, 4.69) is 31.6 Å². The number of aromatic amines is 1. The maximum Gasteiger partial charge on any atom is 0.224 e. The number of amides is 2. The van der Waals surface area contributed by atoms with Gasteiger partial charge >= 0.3 is 0 Å². The Kier molecular flexibility index (Phi) is 8.31. The van der Waals surface area contributed by atoms with Gasteiger partial charge in [0, 0.05) is 49.9 Å². The second-order valence-corrected chi connectivity index (χ2v) is 9.44. The number of aromatic nitrogens is 2. The summed E-state index contributed by atoms with van der Waals surface area (Å²) in [5.74, 6) is -0.261. The van der Waals surface area contributed by atoms with Gasteiger partial charge in [-0.2, -0.15) is 5.26 Å². The van der Waals surface area contributed by atoms with E-state index in [1.807, 2.05) is 24.3 Å². The first-order valence-corrected chi connectivity index (χ1v) is 12.4. The van der Waals surface area contributed by atoms with Crippen molar-refractivity contribution < 1.29 is 9.59 Å². The lowest BCUT2D eigenvalue weighted by molar-refractivity contribution is -0.126. The predicted octanol–water partition coefficient (Wildman–Crippen LogP) is 2.53. The fourth-order valence-electron chi connectivity index (χ4n) is 5.22. The highest BCUT2D eigenvalue weighted by Crippen LogP contribution is 2.36. The number of H-pyrrole nitrogens is 1. The van der Waals surface area contributed by atoms with Crippen molar-refractivity contribution in [3.63, 3.8) is 0 Å². The normalized spacial score (nSPS) is 23.9. The zero-order valence-electron chi connectivity index (χ0n) is 19.6. The molecule has 1 saturated heterocycles. The van der Waals surface area contributed by atoms with E-state index in [0.717, 1.165) is 43.5 Å². The molecule has 180 valence electrons. The molecule has 1 aromatic heterocycles. The van der Waals surface area contributed by atoms with Crippen molar-refractivity contribution in [1.29, 1.82) is 5.26 Å². The summed E-state index contributed by atoms with van der Waals surface area (Å²) in [5, 5.41) is 15.3. The Morgan fingerprint density at radius 1 is 1.18 bits per heavy atom. The van der Waals surface area contributed by atoms with Crippen molar-refractivity contribution in [3.05, 3.63) is 53.6 Å². The zero-order chi connectivity index (χ0) is 23.8. The van der Waals surface area contributed by atoms with Gasteiger partial charge in [-0.1, -0.05) is 25.0 Å². The first kappa shape index (κ1) is 24.0. The van der Waals surface area contributed by atoms with Gasteiger partial charge in [0.2, 0.25) is 11.8 Å². The quantitative estimate of drug-likeness (QED) is 0.610. The van der Waals surface area contributed by atoms with E-state index in [1.54, 1.807) is 12.5 Å². The maximum absolute atomic E-state index is 13.1. The van der Waals surface area contributed by atoms with E-state index in [4.69, 9.17) is 5.26 Å². The van der Waals surface area contributed by atoms with Crippen LogP contribution in [0, 0.1) is 23.2 Å². The summed E-state index contributed by atoms with van der Waals surface area (Å²) in [4.78, 5) is 35.6. The number of nitriles is 1. The van der Waals surface area contributed by atoms with Crippen LogP contribution in [-0.2, 0) is 22.6 Å². The van der Waals surface area contributed by atoms with Gasteiger partial charge in [0.05, 0.1) is 23.9 Å². The number of fused-ring (bicyclic) bond motifs is 1. The Bertz CT molecular complexity index is 982. The van der Waals surface area contributed by atoms with E-state index in [0.29, 0.717) is 44.5 Å². The molecule has 1 aliphatic heterocycles. The fourth-order valence-corrected chi connectivity index (χ4v) is 5.22. The number of rotatable bonds is 6. The van der Waals surface area contributed by atoms with Gasteiger partial charge in [-0.3, -0.25) is 14.5 Å². The number of hydrogen-bond acceptors (Lipinski definition) is 5. The number of nitrogens with one attached hydrogen (secondary N) is 3. The van der Waals surface area contributed by atoms with Gasteiger partial charge < -0.3 is 15.6 Å². The Morgan fingerprint density at radius 2 is 2.00 bits per heavy atom. The third-order valence-corrected chi connectivity index (χ3v) is 7.09. The zero-order valence-corrected chi connectivity index (χ0v) is 19.6. The van der Waals surface area contributed by atoms with Crippen LogP contribution in [0.1, 0.15) is 55.3 Å². The number of carbonyl (C=O) groups is 2. The topological polar surface area (TPSA) is 114 Å². The molecule has 0 spiro atoms. The van der Waals surface area contributed by atoms with Gasteiger partial charge in [-0.05, 0) is 49.9 Å². The first-order chi connectivity index (χ1) is 16.6. The molecule has 2 aliphatic rings. The average molecular weight is 463 g/mol. The summed E-state index contributed by atoms with van der Waals surface area (Å²) in [6.45, 7) is 2.88. The summed E-state index contributed by atoms with van der Waals surface area (Å²) in [7, 11) is 0. The molecule has 8 nitrogen and oxygen atoms in total. The second kappa shape index (κ2) is 11.8. The lowest BCUT2D eigenvalue weighted by atomic mass is 9.99. The molecule has 8 heteroatoms. The number of carbonyl (C=O) groups excluding carboxylic acids is 2. The fraction of sp³-hybridized carbons (Fsp3) is 0.538. The SMILES string of the molecule is N#Cc1ccc(CN2CCCCCCNC(=O)[C@@H]3C[C@@H](C(=O)NCCc4cnc[nH]4)C[C@@H]32)cc1. The molecule has 0 radical (unpaired) electrons. The van der Waals surface area contributed by atoms with Crippen LogP contribution < -0.4 is 10.6 Å². The van der Waals surface area contributed by atoms with Gasteiger partial charge in [0.25, 0.3) is 0 Å². The molecule has 2 aromatic rings. The molecule has 0 bridgehead atoms. The molecule has 2 fully saturated rings. The van der Waals surface area contributed by atoms with E-state index >= 15 is 0 Å². The van der Waals surface area contributed by atoms with Gasteiger partial charge in [-0.25, -0.2) is 4.98 Å². The number of imidazole rings is 1. The highest BCUT2D eigenvalue weighted by atomic mass is 16.2. The summed E-state index contributed by atoms with van der Waals surface area (Å²) in [5.41, 5.74) is 2.76. The molecular weight excluding hydrogens is 428 g/mol. The molecule has 1 aliphatic carbocycles. The molecule has 4 rings (SSSR count). The van der Waals surface area contributed by atoms with Crippen LogP contribution >= 0.6 is 0 Å². The Labute approximate surface area is 201 Å². The molecule has 2 heterocycles. The van der Waals surface area contributed by atoms with Crippen LogP contribution in [0.3, 0.4) is 0 Å². The van der Waals surface area contributed by atoms with E-state index in [-0.39, 0.29) is 29.7 Å². The van der Waals surface area contributed by atoms with Crippen molar-refractivity contribution in [2.75, 3.05) is 19.6 Å². The van der Waals surface area contributed by atoms with Gasteiger partial charge in [0.1, 0.15) is 0 Å². The Balaban J connectivity index is 1.46. The van der Waals surface area contributed by atoms with Crippen LogP contribution in [0.15, 0.2) is 36.8 Å². The summed E-state index contributed by atoms with van der Waals surface area (Å²) in [6.07, 6.45) is 9.70. The smallest absolute Gasteiger partial charge is 0.224 e. The molecular formula is C26H34N6O2. The Morgan fingerprint density at radius 3 is 2.76 bits per heavy atom. The van der Waals surface area contributed by atoms with E-state index in [1.165, 1.54) is 0 Å². The maximum atomic E-state index is 13.1. The van der Waals surface area contributed by atoms with E-state index in [9.17, 15) is 9.59 Å². The van der Waals surface area contributed by atoms with Gasteiger partial charge in [0.15, 0.2) is 0 Å². The lowest BCUT2D eigenvalue weighted by Crippen LogP contribution is -2.44. The molecule has 3 N–H and O–H groups in total. The van der Waals surface area contributed by atoms with Crippen LogP contribution in [-0.4, -0.2) is 52.4 Å². The monoisotopic (exact) mass is 462 g/mol. The predicted molar refractivity (Wildman–Crippen MR) is 128 cm³/mol. The Hall–Kier alpha value is -3.18. The minimum absolute atomic E-state index is 0.0251. The summed E-state index contributed by atoms with van der Waals surface area (Å²) >= 11 is 0. The molecule has 1 saturated carbocycles. The standard InChI is InChI=1S/C26H34N6O2/c27-15-19-5-7-20(8-6-19)17-32-12-4-2-1-3-10-29-26(34)23-13-21(14-24(23)32)25(33)30-11-9-22-16-28-18-31-22/h5-8,16,18,21,23-24H,1-4,9-14,17H2,(H,28,31)(H,29,34)(H,30,33)/t21-,23-,24+/m1/s1. The number of benzene rings is 1. The van der Waals surface area contributed by atoms with E-state index < -0.39 is 0 Å². The molecule has 2 amide bonds. The minimum Gasteiger partial charge on any atom is -0.356 e. The third kappa shape index (κ3) is 6.23. The first-order valence-electron chi connectivity index (χ1n) is 12.4. The number of nitrogens with zero attached hydrogens (tertiary/aromatic N) is 3. The van der Waals surface area contributed by atoms with Crippen LogP contribution in [0.2, 0.25) is 0 Å². The molecule has 0 unspecified atom stereocenters. The van der Waals surface area contributed by atoms with Crippen molar-refractivity contribution in [1.82, 2.24) is 25.5 Å². The van der Waals surface area contributed by atoms with Crippen molar-refractivity contribution in [2.45, 2.75) is 57.5 Å². The second-order valence-electron chi connectivity index (χ2n) is 9.44. The summed E-state index contributed by atoms with van der Waals surface area (Å²) < 4.78 is 0. The van der Waals surface area contributed by atoms with Crippen molar-refractivity contribution >= 4 is 11.8 Å². The van der Waals surface area contributed by atoms with Crippen LogP contribution in [0.5, 0.6) is 0 Å². The number of hydrogen-bond donors (Lipinski definition) is 3. The van der Waals surface area contributed by atoms with Crippen LogP contribution in [0.4, 0.5) is 0 Å². The summed E-state index contributed by atoms with van der Waals surface area (Å²) in [6, 6.07) is 9.87. The van der Waals surface area contributed by atoms with Crippen molar-refractivity contribution in [3.8, 4) is 6.07 Å². The molecule has 34 heavy (non-hydrogen) atoms. The largest absolute Gasteiger partial charge is 0.356 e. The molecule has 3 atom stereocenters.